The second kappa shape index (κ2) is 5.25. The zero-order valence-electron chi connectivity index (χ0n) is 12.5. The molecule has 7 nitrogen and oxygen atoms in total. The van der Waals surface area contributed by atoms with Gasteiger partial charge < -0.3 is 10.1 Å². The van der Waals surface area contributed by atoms with Crippen LogP contribution in [0.5, 0.6) is 5.88 Å². The highest BCUT2D eigenvalue weighted by atomic mass is 16.5. The van der Waals surface area contributed by atoms with E-state index >= 15 is 0 Å². The van der Waals surface area contributed by atoms with Gasteiger partial charge in [0.05, 0.1) is 19.0 Å². The smallest absolute Gasteiger partial charge is 0.212 e. The summed E-state index contributed by atoms with van der Waals surface area (Å²) >= 11 is 0. The van der Waals surface area contributed by atoms with Crippen molar-refractivity contribution in [1.29, 1.82) is 5.26 Å². The van der Waals surface area contributed by atoms with Crippen molar-refractivity contribution in [1.82, 2.24) is 19.6 Å². The Balaban J connectivity index is 1.86. The lowest BCUT2D eigenvalue weighted by molar-refractivity contribution is 0.398. The van der Waals surface area contributed by atoms with Gasteiger partial charge >= 0.3 is 0 Å². The molecule has 114 valence electrons. The Hall–Kier alpha value is -3.14. The van der Waals surface area contributed by atoms with Crippen LogP contribution in [0.1, 0.15) is 18.4 Å². The molecular weight excluding hydrogens is 292 g/mol. The van der Waals surface area contributed by atoms with Crippen LogP contribution in [0.3, 0.4) is 0 Å². The molecule has 0 aromatic carbocycles. The first-order valence-corrected chi connectivity index (χ1v) is 7.34. The Bertz CT molecular complexity index is 905. The third-order valence-corrected chi connectivity index (χ3v) is 3.76. The summed E-state index contributed by atoms with van der Waals surface area (Å²) in [6, 6.07) is 8.22. The van der Waals surface area contributed by atoms with Crippen LogP contribution in [0.15, 0.2) is 30.6 Å². The lowest BCUT2D eigenvalue weighted by Gasteiger charge is -2.10. The molecule has 3 aromatic heterocycles. The summed E-state index contributed by atoms with van der Waals surface area (Å²) < 4.78 is 6.76. The number of nitrogens with one attached hydrogen (secondary N) is 1. The second-order valence-corrected chi connectivity index (χ2v) is 5.44. The van der Waals surface area contributed by atoms with E-state index in [1.165, 1.54) is 6.20 Å². The lowest BCUT2D eigenvalue weighted by Crippen LogP contribution is -2.08. The molecule has 23 heavy (non-hydrogen) atoms. The maximum absolute atomic E-state index is 9.25. The van der Waals surface area contributed by atoms with Gasteiger partial charge in [-0.15, -0.1) is 0 Å². The van der Waals surface area contributed by atoms with Gasteiger partial charge in [-0.1, -0.05) is 0 Å². The summed E-state index contributed by atoms with van der Waals surface area (Å²) in [4.78, 5) is 8.79. The summed E-state index contributed by atoms with van der Waals surface area (Å²) in [6.45, 7) is 0. The van der Waals surface area contributed by atoms with E-state index in [1.807, 2.05) is 12.1 Å². The fourth-order valence-electron chi connectivity index (χ4n) is 2.38. The number of hydrogen-bond donors (Lipinski definition) is 1. The van der Waals surface area contributed by atoms with E-state index in [0.29, 0.717) is 23.1 Å². The highest BCUT2D eigenvalue weighted by Crippen LogP contribution is 2.28. The number of nitrogens with zero attached hydrogens (tertiary/aromatic N) is 5. The van der Waals surface area contributed by atoms with E-state index in [-0.39, 0.29) is 0 Å². The SMILES string of the molecule is COc1ccc(-c2cc(NC3CC3)n3ncc(C#N)c3n2)cn1. The lowest BCUT2D eigenvalue weighted by atomic mass is 10.2. The largest absolute Gasteiger partial charge is 0.481 e. The summed E-state index contributed by atoms with van der Waals surface area (Å²) in [5, 5.41) is 16.9. The van der Waals surface area contributed by atoms with E-state index in [9.17, 15) is 5.26 Å². The van der Waals surface area contributed by atoms with Crippen LogP contribution >= 0.6 is 0 Å². The monoisotopic (exact) mass is 306 g/mol. The zero-order chi connectivity index (χ0) is 15.8. The van der Waals surface area contributed by atoms with Crippen molar-refractivity contribution in [3.05, 3.63) is 36.2 Å². The zero-order valence-corrected chi connectivity index (χ0v) is 12.5. The van der Waals surface area contributed by atoms with E-state index in [2.05, 4.69) is 26.5 Å². The molecule has 1 aliphatic rings. The third kappa shape index (κ3) is 2.44. The molecule has 1 N–H and O–H groups in total. The number of aromatic nitrogens is 4. The van der Waals surface area contributed by atoms with Crippen molar-refractivity contribution in [3.63, 3.8) is 0 Å². The molecule has 0 atom stereocenters. The molecule has 0 amide bonds. The number of nitriles is 1. The molecule has 1 fully saturated rings. The van der Waals surface area contributed by atoms with E-state index in [0.717, 1.165) is 29.9 Å². The minimum Gasteiger partial charge on any atom is -0.481 e. The molecular formula is C16H14N6O. The minimum absolute atomic E-state index is 0.451. The van der Waals surface area contributed by atoms with Gasteiger partial charge in [0.1, 0.15) is 17.5 Å². The maximum Gasteiger partial charge on any atom is 0.212 e. The van der Waals surface area contributed by atoms with Crippen molar-refractivity contribution < 1.29 is 4.74 Å². The topological polar surface area (TPSA) is 88.1 Å². The van der Waals surface area contributed by atoms with Gasteiger partial charge in [0.25, 0.3) is 0 Å². The highest BCUT2D eigenvalue weighted by Gasteiger charge is 2.23. The first kappa shape index (κ1) is 13.5. The average molecular weight is 306 g/mol. The van der Waals surface area contributed by atoms with Gasteiger partial charge in [0.2, 0.25) is 5.88 Å². The predicted octanol–water partition coefficient (Wildman–Crippen LogP) is 2.25. The Morgan fingerprint density at radius 3 is 2.87 bits per heavy atom. The number of anilines is 1. The van der Waals surface area contributed by atoms with Crippen molar-refractivity contribution in [2.45, 2.75) is 18.9 Å². The van der Waals surface area contributed by atoms with Crippen molar-refractivity contribution in [2.24, 2.45) is 0 Å². The van der Waals surface area contributed by atoms with E-state index in [4.69, 9.17) is 4.74 Å². The van der Waals surface area contributed by atoms with Crippen molar-refractivity contribution >= 4 is 11.5 Å². The molecule has 0 bridgehead atoms. The van der Waals surface area contributed by atoms with Gasteiger partial charge in [-0.25, -0.2) is 9.97 Å². The summed E-state index contributed by atoms with van der Waals surface area (Å²) in [5.41, 5.74) is 2.60. The van der Waals surface area contributed by atoms with Crippen LogP contribution < -0.4 is 10.1 Å². The van der Waals surface area contributed by atoms with Crippen LogP contribution in [0.2, 0.25) is 0 Å². The van der Waals surface area contributed by atoms with Crippen LogP contribution in [-0.2, 0) is 0 Å². The molecule has 0 saturated heterocycles. The molecule has 7 heteroatoms. The molecule has 3 aromatic rings. The molecule has 0 unspecified atom stereocenters. The Morgan fingerprint density at radius 1 is 1.35 bits per heavy atom. The van der Waals surface area contributed by atoms with E-state index in [1.54, 1.807) is 23.9 Å². The molecule has 3 heterocycles. The first-order chi connectivity index (χ1) is 11.3. The minimum atomic E-state index is 0.451. The summed E-state index contributed by atoms with van der Waals surface area (Å²) in [6.07, 6.45) is 5.54. The number of fused-ring (bicyclic) bond motifs is 1. The Labute approximate surface area is 132 Å². The summed E-state index contributed by atoms with van der Waals surface area (Å²) in [5.74, 6) is 1.39. The average Bonchev–Trinajstić information content (AvgIpc) is 3.31. The Morgan fingerprint density at radius 2 is 2.22 bits per heavy atom. The van der Waals surface area contributed by atoms with Gasteiger partial charge in [-0.2, -0.15) is 14.9 Å². The van der Waals surface area contributed by atoms with Crippen LogP contribution in [0.4, 0.5) is 5.82 Å². The van der Waals surface area contributed by atoms with Crippen LogP contribution in [0.25, 0.3) is 16.9 Å². The highest BCUT2D eigenvalue weighted by molar-refractivity contribution is 5.69. The van der Waals surface area contributed by atoms with Gasteiger partial charge in [0, 0.05) is 29.9 Å². The standard InChI is InChI=1S/C16H14N6O/c1-23-15-5-2-10(8-18-15)13-6-14(20-12-3-4-12)22-16(21-13)11(7-17)9-19-22/h2,5-6,8-9,12,20H,3-4H2,1H3. The number of hydrogen-bond acceptors (Lipinski definition) is 6. The summed E-state index contributed by atoms with van der Waals surface area (Å²) in [7, 11) is 1.58. The second-order valence-electron chi connectivity index (χ2n) is 5.44. The normalized spacial score (nSPS) is 13.7. The number of rotatable bonds is 4. The van der Waals surface area contributed by atoms with Gasteiger partial charge in [-0.3, -0.25) is 0 Å². The number of methoxy groups -OCH3 is 1. The van der Waals surface area contributed by atoms with Crippen molar-refractivity contribution in [2.75, 3.05) is 12.4 Å². The number of ether oxygens (including phenoxy) is 1. The van der Waals surface area contributed by atoms with Crippen molar-refractivity contribution in [3.8, 4) is 23.2 Å². The molecule has 1 aliphatic carbocycles. The van der Waals surface area contributed by atoms with E-state index < -0.39 is 0 Å². The Kier molecular flexibility index (Phi) is 3.08. The predicted molar refractivity (Wildman–Crippen MR) is 84.1 cm³/mol. The maximum atomic E-state index is 9.25. The molecule has 0 aliphatic heterocycles. The third-order valence-electron chi connectivity index (χ3n) is 3.76. The quantitative estimate of drug-likeness (QED) is 0.795. The van der Waals surface area contributed by atoms with Crippen LogP contribution in [0, 0.1) is 11.3 Å². The molecule has 4 rings (SSSR count). The number of pyridine rings is 1. The van der Waals surface area contributed by atoms with Gasteiger partial charge in [0.15, 0.2) is 5.65 Å². The first-order valence-electron chi connectivity index (χ1n) is 7.34. The fraction of sp³-hybridized carbons (Fsp3) is 0.250. The van der Waals surface area contributed by atoms with Gasteiger partial charge in [-0.05, 0) is 18.9 Å². The molecule has 1 saturated carbocycles. The molecule has 0 spiro atoms. The molecule has 0 radical (unpaired) electrons. The fourth-order valence-corrected chi connectivity index (χ4v) is 2.38. The van der Waals surface area contributed by atoms with Crippen LogP contribution in [-0.4, -0.2) is 32.7 Å².